The highest BCUT2D eigenvalue weighted by atomic mass is 32.2. The molecule has 0 aromatic carbocycles. The van der Waals surface area contributed by atoms with Gasteiger partial charge in [-0.1, -0.05) is 12.8 Å². The van der Waals surface area contributed by atoms with E-state index in [9.17, 15) is 8.42 Å². The fourth-order valence-electron chi connectivity index (χ4n) is 3.83. The molecule has 0 amide bonds. The zero-order chi connectivity index (χ0) is 16.8. The molecule has 1 aliphatic carbocycles. The number of sulfone groups is 1. The minimum Gasteiger partial charge on any atom is -0.376 e. The summed E-state index contributed by atoms with van der Waals surface area (Å²) in [6, 6.07) is 0.496. The summed E-state index contributed by atoms with van der Waals surface area (Å²) in [5.41, 5.74) is 0. The van der Waals surface area contributed by atoms with E-state index < -0.39 is 9.84 Å². The van der Waals surface area contributed by atoms with Gasteiger partial charge in [-0.05, 0) is 44.4 Å². The number of rotatable bonds is 5. The Balaban J connectivity index is 1.52. The van der Waals surface area contributed by atoms with Crippen LogP contribution in [0.25, 0.3) is 0 Å². The average molecular weight is 358 g/mol. The second-order valence-electron chi connectivity index (χ2n) is 7.45. The molecule has 24 heavy (non-hydrogen) atoms. The molecule has 3 rings (SSSR count). The second kappa shape index (κ2) is 8.52. The summed E-state index contributed by atoms with van der Waals surface area (Å²) in [4.78, 5) is 4.69. The van der Waals surface area contributed by atoms with E-state index in [2.05, 4.69) is 10.6 Å². The van der Waals surface area contributed by atoms with E-state index >= 15 is 0 Å². The zero-order valence-electron chi connectivity index (χ0n) is 14.5. The van der Waals surface area contributed by atoms with Crippen molar-refractivity contribution in [2.75, 3.05) is 31.2 Å². The van der Waals surface area contributed by atoms with Gasteiger partial charge in [-0.2, -0.15) is 0 Å². The highest BCUT2D eigenvalue weighted by molar-refractivity contribution is 7.91. The molecule has 138 valence electrons. The molecule has 0 aromatic heterocycles. The van der Waals surface area contributed by atoms with Crippen molar-refractivity contribution in [2.24, 2.45) is 10.9 Å². The Hall–Kier alpha value is -0.820. The van der Waals surface area contributed by atoms with Crippen LogP contribution in [-0.4, -0.2) is 57.7 Å². The Morgan fingerprint density at radius 2 is 1.88 bits per heavy atom. The van der Waals surface area contributed by atoms with Crippen LogP contribution in [0.3, 0.4) is 0 Å². The molecule has 3 aliphatic rings. The maximum Gasteiger partial charge on any atom is 0.191 e. The van der Waals surface area contributed by atoms with Gasteiger partial charge in [0, 0.05) is 25.7 Å². The van der Waals surface area contributed by atoms with Gasteiger partial charge in [0.15, 0.2) is 15.8 Å². The van der Waals surface area contributed by atoms with Crippen molar-refractivity contribution in [3.8, 4) is 0 Å². The van der Waals surface area contributed by atoms with Crippen LogP contribution in [0, 0.1) is 5.92 Å². The van der Waals surface area contributed by atoms with Crippen LogP contribution >= 0.6 is 0 Å². The van der Waals surface area contributed by atoms with E-state index in [4.69, 9.17) is 9.73 Å². The smallest absolute Gasteiger partial charge is 0.191 e. The number of ether oxygens (including phenoxy) is 1. The van der Waals surface area contributed by atoms with Crippen LogP contribution in [-0.2, 0) is 14.6 Å². The largest absolute Gasteiger partial charge is 0.376 e. The Kier molecular flexibility index (Phi) is 6.38. The number of guanidine groups is 1. The van der Waals surface area contributed by atoms with Crippen LogP contribution in [0.1, 0.15) is 51.4 Å². The first-order valence-corrected chi connectivity index (χ1v) is 11.3. The Bertz CT molecular complexity index is 523. The van der Waals surface area contributed by atoms with Gasteiger partial charge in [-0.15, -0.1) is 0 Å². The summed E-state index contributed by atoms with van der Waals surface area (Å²) in [6.45, 7) is 2.23. The monoisotopic (exact) mass is 357 g/mol. The highest BCUT2D eigenvalue weighted by Crippen LogP contribution is 2.19. The third-order valence-corrected chi connectivity index (χ3v) is 7.14. The first-order valence-electron chi connectivity index (χ1n) is 9.47. The summed E-state index contributed by atoms with van der Waals surface area (Å²) < 4.78 is 29.0. The van der Waals surface area contributed by atoms with E-state index in [-0.39, 0.29) is 12.0 Å². The average Bonchev–Trinajstić information content (AvgIpc) is 3.20. The SMILES string of the molecule is O=S1(=O)CCC(CN=C(NCC2CCCCO2)NC2CCCC2)C1. The molecule has 7 heteroatoms. The number of hydrogen-bond acceptors (Lipinski definition) is 4. The number of nitrogens with zero attached hydrogens (tertiary/aromatic N) is 1. The van der Waals surface area contributed by atoms with E-state index in [1.165, 1.54) is 32.1 Å². The lowest BCUT2D eigenvalue weighted by atomic mass is 10.1. The van der Waals surface area contributed by atoms with Crippen LogP contribution in [0.4, 0.5) is 0 Å². The normalized spacial score (nSPS) is 31.2. The molecule has 6 nitrogen and oxygen atoms in total. The van der Waals surface area contributed by atoms with Gasteiger partial charge in [0.1, 0.15) is 0 Å². The lowest BCUT2D eigenvalue weighted by Gasteiger charge is -2.25. The van der Waals surface area contributed by atoms with E-state index in [0.717, 1.165) is 38.4 Å². The molecule has 1 saturated carbocycles. The van der Waals surface area contributed by atoms with Gasteiger partial charge in [0.2, 0.25) is 0 Å². The Morgan fingerprint density at radius 3 is 2.54 bits per heavy atom. The first-order chi connectivity index (χ1) is 11.6. The predicted octanol–water partition coefficient (Wildman–Crippen LogP) is 1.47. The lowest BCUT2D eigenvalue weighted by Crippen LogP contribution is -2.46. The highest BCUT2D eigenvalue weighted by Gasteiger charge is 2.27. The molecule has 2 unspecified atom stereocenters. The summed E-state index contributed by atoms with van der Waals surface area (Å²) in [7, 11) is -2.83. The quantitative estimate of drug-likeness (QED) is 0.575. The van der Waals surface area contributed by atoms with Gasteiger partial charge < -0.3 is 15.4 Å². The molecule has 0 spiro atoms. The first kappa shape index (κ1) is 18.0. The minimum absolute atomic E-state index is 0.170. The molecule has 2 heterocycles. The van der Waals surface area contributed by atoms with Gasteiger partial charge >= 0.3 is 0 Å². The van der Waals surface area contributed by atoms with Crippen molar-refractivity contribution in [3.05, 3.63) is 0 Å². The van der Waals surface area contributed by atoms with Gasteiger partial charge in [0.05, 0.1) is 17.6 Å². The molecule has 2 atom stereocenters. The standard InChI is InChI=1S/C17H31N3O3S/c21-24(22)10-8-14(13-24)11-18-17(20-15-5-1-2-6-15)19-12-16-7-3-4-9-23-16/h14-16H,1-13H2,(H2,18,19,20). The van der Waals surface area contributed by atoms with Crippen molar-refractivity contribution >= 4 is 15.8 Å². The van der Waals surface area contributed by atoms with Crippen molar-refractivity contribution in [1.82, 2.24) is 10.6 Å². The van der Waals surface area contributed by atoms with Crippen molar-refractivity contribution < 1.29 is 13.2 Å². The van der Waals surface area contributed by atoms with Gasteiger partial charge in [-0.25, -0.2) is 8.42 Å². The number of nitrogens with one attached hydrogen (secondary N) is 2. The third kappa shape index (κ3) is 5.62. The van der Waals surface area contributed by atoms with Crippen molar-refractivity contribution in [1.29, 1.82) is 0 Å². The summed E-state index contributed by atoms with van der Waals surface area (Å²) in [5.74, 6) is 1.62. The predicted molar refractivity (Wildman–Crippen MR) is 96.0 cm³/mol. The molecule has 3 fully saturated rings. The molecule has 0 radical (unpaired) electrons. The molecule has 2 saturated heterocycles. The molecular formula is C17H31N3O3S. The van der Waals surface area contributed by atoms with Crippen molar-refractivity contribution in [2.45, 2.75) is 63.5 Å². The Morgan fingerprint density at radius 1 is 1.08 bits per heavy atom. The maximum atomic E-state index is 11.6. The molecule has 0 bridgehead atoms. The molecule has 0 aromatic rings. The zero-order valence-corrected chi connectivity index (χ0v) is 15.3. The van der Waals surface area contributed by atoms with Crippen molar-refractivity contribution in [3.63, 3.8) is 0 Å². The number of aliphatic imine (C=N–C) groups is 1. The van der Waals surface area contributed by atoms with Crippen LogP contribution in [0.15, 0.2) is 4.99 Å². The Labute approximate surface area is 145 Å². The number of hydrogen-bond donors (Lipinski definition) is 2. The summed E-state index contributed by atoms with van der Waals surface area (Å²) in [5, 5.41) is 6.96. The fourth-order valence-corrected chi connectivity index (χ4v) is 5.68. The fraction of sp³-hybridized carbons (Fsp3) is 0.941. The lowest BCUT2D eigenvalue weighted by molar-refractivity contribution is 0.0194. The molecule has 2 N–H and O–H groups in total. The summed E-state index contributed by atoms with van der Waals surface area (Å²) >= 11 is 0. The minimum atomic E-state index is -2.83. The van der Waals surface area contributed by atoms with Crippen LogP contribution in [0.5, 0.6) is 0 Å². The van der Waals surface area contributed by atoms with Gasteiger partial charge in [0.25, 0.3) is 0 Å². The maximum absolute atomic E-state index is 11.6. The topological polar surface area (TPSA) is 79.8 Å². The van der Waals surface area contributed by atoms with E-state index in [1.807, 2.05) is 0 Å². The summed E-state index contributed by atoms with van der Waals surface area (Å²) in [6.07, 6.45) is 9.44. The molecule has 2 aliphatic heterocycles. The van der Waals surface area contributed by atoms with E-state index in [1.54, 1.807) is 0 Å². The van der Waals surface area contributed by atoms with Crippen LogP contribution in [0.2, 0.25) is 0 Å². The molecular weight excluding hydrogens is 326 g/mol. The van der Waals surface area contributed by atoms with Crippen LogP contribution < -0.4 is 10.6 Å². The van der Waals surface area contributed by atoms with Gasteiger partial charge in [-0.3, -0.25) is 4.99 Å². The third-order valence-electron chi connectivity index (χ3n) is 5.30. The second-order valence-corrected chi connectivity index (χ2v) is 9.68. The van der Waals surface area contributed by atoms with E-state index in [0.29, 0.717) is 24.1 Å².